The molecule has 2 aromatic heterocycles. The number of rotatable bonds is 1. The third-order valence-corrected chi connectivity index (χ3v) is 2.61. The number of hydrogen-bond acceptors (Lipinski definition) is 3. The van der Waals surface area contributed by atoms with Crippen molar-refractivity contribution in [3.05, 3.63) is 27.7 Å². The van der Waals surface area contributed by atoms with E-state index in [4.69, 9.17) is 4.42 Å². The van der Waals surface area contributed by atoms with E-state index in [-0.39, 0.29) is 0 Å². The molecule has 0 amide bonds. The van der Waals surface area contributed by atoms with Crippen molar-refractivity contribution in [2.45, 2.75) is 0 Å². The Kier molecular flexibility index (Phi) is 1.79. The van der Waals surface area contributed by atoms with Gasteiger partial charge in [0.25, 0.3) is 0 Å². The molecule has 2 heterocycles. The summed E-state index contributed by atoms with van der Waals surface area (Å²) in [7, 11) is 0. The Morgan fingerprint density at radius 2 is 2.45 bits per heavy atom. The molecule has 0 fully saturated rings. The summed E-state index contributed by atoms with van der Waals surface area (Å²) in [6.07, 6.45) is 1.64. The van der Waals surface area contributed by atoms with E-state index in [2.05, 4.69) is 20.9 Å². The Bertz CT molecular complexity index is 341. The van der Waals surface area contributed by atoms with Crippen molar-refractivity contribution in [2.75, 3.05) is 0 Å². The van der Waals surface area contributed by atoms with Crippen LogP contribution in [0.15, 0.2) is 32.1 Å². The van der Waals surface area contributed by atoms with Crippen LogP contribution in [-0.2, 0) is 0 Å². The molecule has 0 aliphatic carbocycles. The summed E-state index contributed by atoms with van der Waals surface area (Å²) >= 11 is 4.83. The summed E-state index contributed by atoms with van der Waals surface area (Å²) in [4.78, 5) is 4.19. The van der Waals surface area contributed by atoms with Crippen molar-refractivity contribution in [3.8, 4) is 11.5 Å². The van der Waals surface area contributed by atoms with Crippen molar-refractivity contribution in [1.82, 2.24) is 4.98 Å². The van der Waals surface area contributed by atoms with Gasteiger partial charge < -0.3 is 4.42 Å². The molecule has 56 valence electrons. The van der Waals surface area contributed by atoms with E-state index in [1.807, 2.05) is 17.5 Å². The van der Waals surface area contributed by atoms with Gasteiger partial charge in [-0.25, -0.2) is 4.98 Å². The van der Waals surface area contributed by atoms with Crippen molar-refractivity contribution < 1.29 is 4.42 Å². The second-order valence-corrected chi connectivity index (χ2v) is 4.10. The van der Waals surface area contributed by atoms with Gasteiger partial charge in [0, 0.05) is 5.38 Å². The van der Waals surface area contributed by atoms with E-state index < -0.39 is 0 Å². The zero-order chi connectivity index (χ0) is 7.68. The van der Waals surface area contributed by atoms with Crippen LogP contribution in [0, 0.1) is 0 Å². The molecular weight excluding hydrogens is 226 g/mol. The Hall–Kier alpha value is -0.610. The van der Waals surface area contributed by atoms with Gasteiger partial charge in [-0.3, -0.25) is 0 Å². The van der Waals surface area contributed by atoms with Gasteiger partial charge in [-0.2, -0.15) is 0 Å². The molecule has 4 heteroatoms. The molecule has 2 aromatic rings. The highest BCUT2D eigenvalue weighted by Crippen LogP contribution is 2.24. The Morgan fingerprint density at radius 1 is 1.55 bits per heavy atom. The van der Waals surface area contributed by atoms with Crippen LogP contribution < -0.4 is 0 Å². The van der Waals surface area contributed by atoms with Gasteiger partial charge in [0.1, 0.15) is 5.69 Å². The fourth-order valence-electron chi connectivity index (χ4n) is 0.789. The predicted molar refractivity (Wildman–Crippen MR) is 47.5 cm³/mol. The summed E-state index contributed by atoms with van der Waals surface area (Å²) in [5, 5.41) is 1.95. The van der Waals surface area contributed by atoms with Crippen molar-refractivity contribution in [2.24, 2.45) is 0 Å². The monoisotopic (exact) mass is 229 g/mol. The minimum Gasteiger partial charge on any atom is -0.463 e. The van der Waals surface area contributed by atoms with Crippen LogP contribution in [0.2, 0.25) is 0 Å². The molecule has 2 nitrogen and oxygen atoms in total. The Labute approximate surface area is 76.0 Å². The van der Waals surface area contributed by atoms with E-state index in [9.17, 15) is 0 Å². The molecule has 0 radical (unpaired) electrons. The van der Waals surface area contributed by atoms with Crippen LogP contribution in [0.1, 0.15) is 0 Å². The van der Waals surface area contributed by atoms with Gasteiger partial charge in [0.15, 0.2) is 9.68 Å². The number of furan rings is 1. The van der Waals surface area contributed by atoms with E-state index in [0.29, 0.717) is 0 Å². The van der Waals surface area contributed by atoms with Crippen molar-refractivity contribution in [1.29, 1.82) is 0 Å². The lowest BCUT2D eigenvalue weighted by atomic mass is 10.4. The lowest BCUT2D eigenvalue weighted by Crippen LogP contribution is -1.69. The zero-order valence-electron chi connectivity index (χ0n) is 5.45. The maximum absolute atomic E-state index is 5.16. The van der Waals surface area contributed by atoms with E-state index >= 15 is 0 Å². The number of halogens is 1. The van der Waals surface area contributed by atoms with Gasteiger partial charge >= 0.3 is 0 Å². The first-order valence-corrected chi connectivity index (χ1v) is 4.68. The average Bonchev–Trinajstić information content (AvgIpc) is 2.55. The van der Waals surface area contributed by atoms with Crippen LogP contribution >= 0.6 is 27.3 Å². The highest BCUT2D eigenvalue weighted by Gasteiger charge is 2.03. The van der Waals surface area contributed by atoms with Crippen LogP contribution in [0.25, 0.3) is 11.5 Å². The predicted octanol–water partition coefficient (Wildman–Crippen LogP) is 3.17. The first-order chi connectivity index (χ1) is 5.36. The van der Waals surface area contributed by atoms with Crippen LogP contribution in [0.5, 0.6) is 0 Å². The number of thiazole rings is 1. The van der Waals surface area contributed by atoms with E-state index in [1.165, 1.54) is 0 Å². The van der Waals surface area contributed by atoms with Gasteiger partial charge in [0.2, 0.25) is 0 Å². The summed E-state index contributed by atoms with van der Waals surface area (Å²) in [5.41, 5.74) is 0.881. The van der Waals surface area contributed by atoms with Gasteiger partial charge in [-0.15, -0.1) is 11.3 Å². The molecule has 0 unspecified atom stereocenters. The molecule has 11 heavy (non-hydrogen) atoms. The number of aromatic nitrogens is 1. The second-order valence-electron chi connectivity index (χ2n) is 1.96. The third-order valence-electron chi connectivity index (χ3n) is 1.25. The minimum absolute atomic E-state index is 0.812. The molecule has 0 saturated carbocycles. The Morgan fingerprint density at radius 3 is 3.00 bits per heavy atom. The second kappa shape index (κ2) is 2.79. The smallest absolute Gasteiger partial charge is 0.159 e. The quantitative estimate of drug-likeness (QED) is 0.751. The number of nitrogens with zero attached hydrogens (tertiary/aromatic N) is 1. The van der Waals surface area contributed by atoms with Gasteiger partial charge in [-0.1, -0.05) is 0 Å². The summed E-state index contributed by atoms with van der Waals surface area (Å²) in [5.74, 6) is 0.812. The molecule has 0 N–H and O–H groups in total. The SMILES string of the molecule is Brc1nc(-c2ccco2)cs1. The number of hydrogen-bond donors (Lipinski definition) is 0. The van der Waals surface area contributed by atoms with Crippen LogP contribution in [0.4, 0.5) is 0 Å². The highest BCUT2D eigenvalue weighted by molar-refractivity contribution is 9.11. The fraction of sp³-hybridized carbons (Fsp3) is 0. The highest BCUT2D eigenvalue weighted by atomic mass is 79.9. The van der Waals surface area contributed by atoms with Gasteiger partial charge in [0.05, 0.1) is 6.26 Å². The molecule has 0 spiro atoms. The Balaban J connectivity index is 2.45. The topological polar surface area (TPSA) is 26.0 Å². The van der Waals surface area contributed by atoms with E-state index in [1.54, 1.807) is 17.6 Å². The molecule has 0 aromatic carbocycles. The van der Waals surface area contributed by atoms with Crippen molar-refractivity contribution in [3.63, 3.8) is 0 Å². The lowest BCUT2D eigenvalue weighted by Gasteiger charge is -1.84. The van der Waals surface area contributed by atoms with Gasteiger partial charge in [-0.05, 0) is 28.1 Å². The van der Waals surface area contributed by atoms with Crippen molar-refractivity contribution >= 4 is 27.3 Å². The molecule has 0 aliphatic heterocycles. The standard InChI is InChI=1S/C7H4BrNOS/c8-7-9-5(4-11-7)6-2-1-3-10-6/h1-4H. The zero-order valence-corrected chi connectivity index (χ0v) is 7.85. The third kappa shape index (κ3) is 1.36. The van der Waals surface area contributed by atoms with Crippen LogP contribution in [-0.4, -0.2) is 4.98 Å². The molecule has 0 saturated heterocycles. The molecule has 0 aliphatic rings. The normalized spacial score (nSPS) is 10.3. The maximum atomic E-state index is 5.16. The summed E-state index contributed by atoms with van der Waals surface area (Å²) in [6, 6.07) is 3.74. The molecule has 0 atom stereocenters. The molecule has 2 rings (SSSR count). The maximum Gasteiger partial charge on any atom is 0.159 e. The summed E-state index contributed by atoms with van der Waals surface area (Å²) in [6.45, 7) is 0. The van der Waals surface area contributed by atoms with E-state index in [0.717, 1.165) is 15.4 Å². The average molecular weight is 230 g/mol. The van der Waals surface area contributed by atoms with Crippen LogP contribution in [0.3, 0.4) is 0 Å². The first kappa shape index (κ1) is 7.06. The fourth-order valence-corrected chi connectivity index (χ4v) is 1.79. The molecule has 0 bridgehead atoms. The lowest BCUT2D eigenvalue weighted by molar-refractivity contribution is 0.580. The summed E-state index contributed by atoms with van der Waals surface area (Å²) < 4.78 is 6.03. The first-order valence-electron chi connectivity index (χ1n) is 3.01. The molecular formula is C7H4BrNOS. The minimum atomic E-state index is 0.812. The largest absolute Gasteiger partial charge is 0.463 e.